The van der Waals surface area contributed by atoms with E-state index in [1.54, 1.807) is 0 Å². The number of nitriles is 1. The Morgan fingerprint density at radius 2 is 2.03 bits per heavy atom. The quantitative estimate of drug-likeness (QED) is 0.192. The molecule has 0 saturated heterocycles. The number of thioether (sulfide) groups is 1. The van der Waals surface area contributed by atoms with Crippen LogP contribution in [0.5, 0.6) is 5.75 Å². The summed E-state index contributed by atoms with van der Waals surface area (Å²) >= 11 is 2.64. The van der Waals surface area contributed by atoms with Crippen LogP contribution in [0.15, 0.2) is 58.6 Å². The molecule has 31 heavy (non-hydrogen) atoms. The normalized spacial score (nSPS) is 11.7. The second-order valence-electron chi connectivity index (χ2n) is 6.25. The molecule has 10 heteroatoms. The van der Waals surface area contributed by atoms with Gasteiger partial charge in [-0.05, 0) is 31.2 Å². The Kier molecular flexibility index (Phi) is 6.35. The molecule has 0 unspecified atom stereocenters. The number of allylic oxidation sites excluding steroid dienone is 1. The van der Waals surface area contributed by atoms with Crippen LogP contribution in [-0.2, 0) is 0 Å². The van der Waals surface area contributed by atoms with Crippen LogP contribution in [0.3, 0.4) is 0 Å². The number of imidazole rings is 1. The number of nitrogens with one attached hydrogen (secondary N) is 2. The van der Waals surface area contributed by atoms with E-state index in [9.17, 15) is 10.4 Å². The number of rotatable bonds is 8. The predicted octanol–water partition coefficient (Wildman–Crippen LogP) is 5.14. The monoisotopic (exact) mass is 450 g/mol. The maximum Gasteiger partial charge on any atom is 0.210 e. The average Bonchev–Trinajstić information content (AvgIpc) is 3.41. The molecule has 0 aliphatic rings. The van der Waals surface area contributed by atoms with Crippen molar-refractivity contribution in [1.82, 2.24) is 20.2 Å². The number of ether oxygens (including phenoxy) is 1. The van der Waals surface area contributed by atoms with Crippen LogP contribution in [-0.4, -0.2) is 37.6 Å². The zero-order chi connectivity index (χ0) is 21.6. The first-order valence-corrected chi connectivity index (χ1v) is 11.2. The van der Waals surface area contributed by atoms with E-state index in [4.69, 9.17) is 4.74 Å². The summed E-state index contributed by atoms with van der Waals surface area (Å²) in [6.07, 6.45) is 0. The number of nitrogens with zero attached hydrogens (tertiary/aromatic N) is 4. The van der Waals surface area contributed by atoms with Gasteiger partial charge in [-0.1, -0.05) is 47.4 Å². The van der Waals surface area contributed by atoms with E-state index in [2.05, 4.69) is 25.5 Å². The van der Waals surface area contributed by atoms with E-state index < -0.39 is 0 Å². The van der Waals surface area contributed by atoms with Gasteiger partial charge >= 0.3 is 0 Å². The van der Waals surface area contributed by atoms with Crippen LogP contribution in [0, 0.1) is 11.3 Å². The Balaban J connectivity index is 1.45. The SMILES string of the molecule is CCOc1ccccc1Nc1nnc(SC/C(O)=C(\C#N)c2nc3ccccc3[nH]2)s1. The molecule has 2 aromatic heterocycles. The molecule has 4 aromatic rings. The molecule has 0 saturated carbocycles. The summed E-state index contributed by atoms with van der Waals surface area (Å²) in [4.78, 5) is 7.45. The highest BCUT2D eigenvalue weighted by Gasteiger charge is 2.15. The van der Waals surface area contributed by atoms with Gasteiger partial charge in [-0.15, -0.1) is 10.2 Å². The third-order valence-corrected chi connectivity index (χ3v) is 6.18. The molecule has 156 valence electrons. The van der Waals surface area contributed by atoms with Crippen molar-refractivity contribution in [3.63, 3.8) is 0 Å². The highest BCUT2D eigenvalue weighted by molar-refractivity contribution is 8.01. The van der Waals surface area contributed by atoms with Gasteiger partial charge in [0.15, 0.2) is 10.2 Å². The largest absolute Gasteiger partial charge is 0.510 e. The molecule has 0 amide bonds. The lowest BCUT2D eigenvalue weighted by molar-refractivity contribution is 0.342. The fourth-order valence-corrected chi connectivity index (χ4v) is 4.45. The average molecular weight is 451 g/mol. The van der Waals surface area contributed by atoms with Crippen molar-refractivity contribution in [2.75, 3.05) is 17.7 Å². The first kappa shape index (κ1) is 20.7. The number of hydrogen-bond acceptors (Lipinski definition) is 9. The number of anilines is 2. The molecular weight excluding hydrogens is 432 g/mol. The van der Waals surface area contributed by atoms with Gasteiger partial charge < -0.3 is 20.1 Å². The van der Waals surface area contributed by atoms with Crippen LogP contribution >= 0.6 is 23.1 Å². The standard InChI is InChI=1S/C21H18N6O2S2/c1-2-29-18-10-6-5-9-16(18)25-20-26-27-21(31-20)30-12-17(28)13(11-22)19-23-14-7-3-4-8-15(14)24-19/h3-10,28H,2,12H2,1H3,(H,23,24)(H,25,26)/b17-13-. The van der Waals surface area contributed by atoms with Crippen molar-refractivity contribution in [2.45, 2.75) is 11.3 Å². The lowest BCUT2D eigenvalue weighted by Gasteiger charge is -2.09. The molecule has 0 atom stereocenters. The molecule has 2 heterocycles. The maximum atomic E-state index is 10.5. The van der Waals surface area contributed by atoms with Crippen molar-refractivity contribution >= 4 is 50.5 Å². The topological polar surface area (TPSA) is 120 Å². The number of H-pyrrole nitrogens is 1. The minimum atomic E-state index is -0.0713. The van der Waals surface area contributed by atoms with E-state index in [0.717, 1.165) is 22.5 Å². The summed E-state index contributed by atoms with van der Waals surface area (Å²) in [5, 5.41) is 32.1. The Hall–Kier alpha value is -3.55. The summed E-state index contributed by atoms with van der Waals surface area (Å²) in [5.41, 5.74) is 2.45. The summed E-state index contributed by atoms with van der Waals surface area (Å²) in [6.45, 7) is 2.49. The van der Waals surface area contributed by atoms with Crippen molar-refractivity contribution in [2.24, 2.45) is 0 Å². The summed E-state index contributed by atoms with van der Waals surface area (Å²) < 4.78 is 6.26. The molecule has 0 radical (unpaired) electrons. The smallest absolute Gasteiger partial charge is 0.210 e. The van der Waals surface area contributed by atoms with Crippen molar-refractivity contribution in [1.29, 1.82) is 5.26 Å². The third-order valence-electron chi connectivity index (χ3n) is 4.19. The van der Waals surface area contributed by atoms with Gasteiger partial charge in [-0.25, -0.2) is 4.98 Å². The van der Waals surface area contributed by atoms with Crippen LogP contribution in [0.1, 0.15) is 12.7 Å². The van der Waals surface area contributed by atoms with Crippen LogP contribution in [0.4, 0.5) is 10.8 Å². The van der Waals surface area contributed by atoms with Crippen molar-refractivity contribution < 1.29 is 9.84 Å². The summed E-state index contributed by atoms with van der Waals surface area (Å²) in [7, 11) is 0. The highest BCUT2D eigenvalue weighted by atomic mass is 32.2. The number of para-hydroxylation sites is 4. The van der Waals surface area contributed by atoms with Gasteiger partial charge in [0.25, 0.3) is 0 Å². The first-order chi connectivity index (χ1) is 15.2. The van der Waals surface area contributed by atoms with Crippen LogP contribution < -0.4 is 10.1 Å². The molecule has 0 spiro atoms. The van der Waals surface area contributed by atoms with Gasteiger partial charge in [0.2, 0.25) is 5.13 Å². The molecule has 0 fully saturated rings. The molecule has 2 aromatic carbocycles. The molecular formula is C21H18N6O2S2. The lowest BCUT2D eigenvalue weighted by atomic mass is 10.2. The number of aromatic amines is 1. The van der Waals surface area contributed by atoms with Gasteiger partial charge in [0.1, 0.15) is 23.2 Å². The molecule has 4 rings (SSSR count). The molecule has 0 aliphatic heterocycles. The summed E-state index contributed by atoms with van der Waals surface area (Å²) in [5.74, 6) is 1.18. The minimum Gasteiger partial charge on any atom is -0.510 e. The van der Waals surface area contributed by atoms with E-state index in [-0.39, 0.29) is 17.1 Å². The molecule has 8 nitrogen and oxygen atoms in total. The maximum absolute atomic E-state index is 10.5. The fraction of sp³-hybridized carbons (Fsp3) is 0.143. The van der Waals surface area contributed by atoms with E-state index in [0.29, 0.717) is 21.9 Å². The number of hydrogen-bond donors (Lipinski definition) is 3. The van der Waals surface area contributed by atoms with Gasteiger partial charge in [0, 0.05) is 0 Å². The number of aliphatic hydroxyl groups is 1. The van der Waals surface area contributed by atoms with Crippen molar-refractivity contribution in [3.05, 3.63) is 60.1 Å². The molecule has 3 N–H and O–H groups in total. The van der Waals surface area contributed by atoms with Gasteiger partial charge in [-0.2, -0.15) is 5.26 Å². The van der Waals surface area contributed by atoms with Gasteiger partial charge in [-0.3, -0.25) is 0 Å². The number of benzene rings is 2. The number of aliphatic hydroxyl groups excluding tert-OH is 1. The highest BCUT2D eigenvalue weighted by Crippen LogP contribution is 2.32. The Morgan fingerprint density at radius 3 is 2.84 bits per heavy atom. The predicted molar refractivity (Wildman–Crippen MR) is 123 cm³/mol. The Bertz CT molecular complexity index is 1240. The number of fused-ring (bicyclic) bond motifs is 1. The third kappa shape index (κ3) is 4.79. The first-order valence-electron chi connectivity index (χ1n) is 9.40. The van der Waals surface area contributed by atoms with E-state index in [1.165, 1.54) is 23.1 Å². The Morgan fingerprint density at radius 1 is 1.23 bits per heavy atom. The van der Waals surface area contributed by atoms with Crippen molar-refractivity contribution in [3.8, 4) is 11.8 Å². The zero-order valence-corrected chi connectivity index (χ0v) is 18.1. The molecule has 0 bridgehead atoms. The second-order valence-corrected chi connectivity index (χ2v) is 8.45. The summed E-state index contributed by atoms with van der Waals surface area (Å²) in [6, 6.07) is 17.1. The zero-order valence-electron chi connectivity index (χ0n) is 16.5. The van der Waals surface area contributed by atoms with E-state index >= 15 is 0 Å². The Labute approximate surface area is 186 Å². The number of aromatic nitrogens is 4. The van der Waals surface area contributed by atoms with Gasteiger partial charge in [0.05, 0.1) is 29.1 Å². The second kappa shape index (κ2) is 9.51. The minimum absolute atomic E-state index is 0.0713. The van der Waals surface area contributed by atoms with E-state index in [1.807, 2.05) is 61.5 Å². The fourth-order valence-electron chi connectivity index (χ4n) is 2.81. The van der Waals surface area contributed by atoms with Crippen LogP contribution in [0.25, 0.3) is 16.6 Å². The van der Waals surface area contributed by atoms with Crippen LogP contribution in [0.2, 0.25) is 0 Å². The molecule has 0 aliphatic carbocycles. The lowest BCUT2D eigenvalue weighted by Crippen LogP contribution is -1.97.